The Balaban J connectivity index is 1.55. The Hall–Kier alpha value is -1.77. The number of fused-ring (bicyclic) bond motifs is 1. The lowest BCUT2D eigenvalue weighted by Crippen LogP contribution is -2.46. The van der Waals surface area contributed by atoms with E-state index < -0.39 is 0 Å². The summed E-state index contributed by atoms with van der Waals surface area (Å²) in [6, 6.07) is 0.373. The van der Waals surface area contributed by atoms with E-state index in [2.05, 4.69) is 20.2 Å². The summed E-state index contributed by atoms with van der Waals surface area (Å²) in [4.78, 5) is 33.6. The van der Waals surface area contributed by atoms with Gasteiger partial charge in [-0.1, -0.05) is 0 Å². The number of rotatable bonds is 5. The average molecular weight is 350 g/mol. The number of H-pyrrole nitrogens is 1. The molecule has 3 atom stereocenters. The number of nitrogens with one attached hydrogen (secondary N) is 2. The number of morpholine rings is 1. The zero-order valence-corrected chi connectivity index (χ0v) is 14.7. The third kappa shape index (κ3) is 4.26. The van der Waals surface area contributed by atoms with Crippen LogP contribution in [-0.2, 0) is 16.0 Å². The summed E-state index contributed by atoms with van der Waals surface area (Å²) in [5, 5.41) is 12.1. The van der Waals surface area contributed by atoms with Crippen LogP contribution >= 0.6 is 0 Å². The summed E-state index contributed by atoms with van der Waals surface area (Å²) in [5.74, 6) is 0.397. The van der Waals surface area contributed by atoms with E-state index in [0.717, 1.165) is 19.5 Å². The molecule has 1 aromatic heterocycles. The van der Waals surface area contributed by atoms with Gasteiger partial charge in [-0.25, -0.2) is 4.98 Å². The molecule has 25 heavy (non-hydrogen) atoms. The molecule has 3 N–H and O–H groups in total. The Morgan fingerprint density at radius 2 is 2.24 bits per heavy atom. The smallest absolute Gasteiger partial charge is 0.254 e. The molecule has 3 rings (SSSR count). The first kappa shape index (κ1) is 18.0. The van der Waals surface area contributed by atoms with Crippen LogP contribution < -0.4 is 10.9 Å². The van der Waals surface area contributed by atoms with Crippen LogP contribution in [0.4, 0.5) is 0 Å². The van der Waals surface area contributed by atoms with Gasteiger partial charge in [0.15, 0.2) is 0 Å². The van der Waals surface area contributed by atoms with E-state index in [1.807, 2.05) is 0 Å². The van der Waals surface area contributed by atoms with Crippen LogP contribution in [0.2, 0.25) is 0 Å². The second-order valence-corrected chi connectivity index (χ2v) is 6.97. The third-order valence-electron chi connectivity index (χ3n) is 4.98. The minimum Gasteiger partial charge on any atom is -0.396 e. The van der Waals surface area contributed by atoms with E-state index in [9.17, 15) is 9.59 Å². The van der Waals surface area contributed by atoms with Crippen molar-refractivity contribution in [3.8, 4) is 0 Å². The number of hydrogen-bond acceptors (Lipinski definition) is 6. The number of ether oxygens (including phenoxy) is 1. The van der Waals surface area contributed by atoms with E-state index >= 15 is 0 Å². The first-order valence-electron chi connectivity index (χ1n) is 8.78. The Bertz CT molecular complexity index is 690. The van der Waals surface area contributed by atoms with Crippen molar-refractivity contribution in [2.24, 2.45) is 0 Å². The molecule has 8 heteroatoms. The van der Waals surface area contributed by atoms with Crippen LogP contribution in [0.1, 0.15) is 29.9 Å². The van der Waals surface area contributed by atoms with Gasteiger partial charge in [-0.05, 0) is 26.7 Å². The number of aliphatic hydroxyl groups is 1. The quantitative estimate of drug-likeness (QED) is 0.646. The van der Waals surface area contributed by atoms with Crippen molar-refractivity contribution in [1.29, 1.82) is 0 Å². The number of carbonyl (C=O) groups is 1. The predicted molar refractivity (Wildman–Crippen MR) is 91.4 cm³/mol. The first-order chi connectivity index (χ1) is 12.0. The van der Waals surface area contributed by atoms with Crippen molar-refractivity contribution in [3.05, 3.63) is 27.4 Å². The zero-order valence-electron chi connectivity index (χ0n) is 14.7. The predicted octanol–water partition coefficient (Wildman–Crippen LogP) is -0.730. The fourth-order valence-corrected chi connectivity index (χ4v) is 3.76. The van der Waals surface area contributed by atoms with Crippen molar-refractivity contribution in [2.45, 2.75) is 51.3 Å². The van der Waals surface area contributed by atoms with Crippen molar-refractivity contribution in [3.63, 3.8) is 0 Å². The molecule has 0 aromatic carbocycles. The first-order valence-corrected chi connectivity index (χ1v) is 8.78. The largest absolute Gasteiger partial charge is 0.396 e. The highest BCUT2D eigenvalue weighted by Crippen LogP contribution is 2.24. The maximum Gasteiger partial charge on any atom is 0.254 e. The molecule has 2 aliphatic heterocycles. The molecule has 2 saturated heterocycles. The minimum atomic E-state index is -0.246. The lowest BCUT2D eigenvalue weighted by Gasteiger charge is -2.34. The summed E-state index contributed by atoms with van der Waals surface area (Å²) in [6.45, 7) is 5.80. The topological polar surface area (TPSA) is 108 Å². The van der Waals surface area contributed by atoms with Crippen molar-refractivity contribution >= 4 is 5.91 Å². The van der Waals surface area contributed by atoms with E-state index in [0.29, 0.717) is 36.2 Å². The highest BCUT2D eigenvalue weighted by atomic mass is 16.5. The fraction of sp³-hybridized carbons (Fsp3) is 0.706. The molecule has 0 spiro atoms. The van der Waals surface area contributed by atoms with E-state index in [4.69, 9.17) is 9.84 Å². The highest BCUT2D eigenvalue weighted by molar-refractivity contribution is 5.79. The Labute approximate surface area is 146 Å². The van der Waals surface area contributed by atoms with Gasteiger partial charge in [-0.15, -0.1) is 0 Å². The van der Waals surface area contributed by atoms with Gasteiger partial charge in [0.05, 0.1) is 19.1 Å². The van der Waals surface area contributed by atoms with Crippen LogP contribution in [0.5, 0.6) is 0 Å². The van der Waals surface area contributed by atoms with Gasteiger partial charge >= 0.3 is 0 Å². The molecule has 0 radical (unpaired) electrons. The number of nitrogens with zero attached hydrogens (tertiary/aromatic N) is 2. The van der Waals surface area contributed by atoms with Gasteiger partial charge in [0, 0.05) is 43.0 Å². The normalized spacial score (nSPS) is 26.4. The van der Waals surface area contributed by atoms with Crippen LogP contribution in [0.25, 0.3) is 0 Å². The zero-order chi connectivity index (χ0) is 18.0. The molecule has 0 unspecified atom stereocenters. The molecule has 0 bridgehead atoms. The molecule has 8 nitrogen and oxygen atoms in total. The summed E-state index contributed by atoms with van der Waals surface area (Å²) in [5.41, 5.74) is 0.773. The Morgan fingerprint density at radius 3 is 2.96 bits per heavy atom. The van der Waals surface area contributed by atoms with E-state index in [1.54, 1.807) is 13.8 Å². The van der Waals surface area contributed by atoms with Gasteiger partial charge in [-0.2, -0.15) is 0 Å². The molecule has 3 heterocycles. The summed E-state index contributed by atoms with van der Waals surface area (Å²) in [6.07, 6.45) is 1.59. The average Bonchev–Trinajstić information content (AvgIpc) is 2.92. The second-order valence-electron chi connectivity index (χ2n) is 6.97. The molecule has 0 saturated carbocycles. The van der Waals surface area contributed by atoms with Crippen molar-refractivity contribution in [2.75, 3.05) is 26.3 Å². The standard InChI is InChI=1S/C17H26N4O4/c1-10-15(17(24)19-11(2)18-10)6-16(23)20-12-5-13-9-25-14(3-4-22)8-21(13)7-12/h12-14,22H,3-9H2,1-2H3,(H,20,23)(H,18,19,24)/t12-,13-,14-/m0/s1. The number of carbonyl (C=O) groups excluding carboxylic acids is 1. The van der Waals surface area contributed by atoms with Gasteiger partial charge in [0.25, 0.3) is 5.56 Å². The maximum atomic E-state index is 12.4. The van der Waals surface area contributed by atoms with Crippen molar-refractivity contribution < 1.29 is 14.6 Å². The summed E-state index contributed by atoms with van der Waals surface area (Å²) < 4.78 is 5.76. The molecule has 138 valence electrons. The lowest BCUT2D eigenvalue weighted by molar-refractivity contribution is -0.121. The SMILES string of the molecule is Cc1nc(C)c(CC(=O)N[C@H]2C[C@H]3CO[C@@H](CCO)CN3C2)c(=O)[nH]1. The monoisotopic (exact) mass is 350 g/mol. The van der Waals surface area contributed by atoms with Crippen molar-refractivity contribution in [1.82, 2.24) is 20.2 Å². The van der Waals surface area contributed by atoms with E-state index in [1.165, 1.54) is 0 Å². The van der Waals surface area contributed by atoms with E-state index in [-0.39, 0.29) is 36.6 Å². The number of aromatic amines is 1. The van der Waals surface area contributed by atoms with Gasteiger partial charge < -0.3 is 20.1 Å². The highest BCUT2D eigenvalue weighted by Gasteiger charge is 2.37. The van der Waals surface area contributed by atoms with Gasteiger partial charge in [-0.3, -0.25) is 14.5 Å². The number of aliphatic hydroxyl groups excluding tert-OH is 1. The Morgan fingerprint density at radius 1 is 1.44 bits per heavy atom. The minimum absolute atomic E-state index is 0.0409. The number of hydrogen-bond donors (Lipinski definition) is 3. The molecule has 1 aromatic rings. The lowest BCUT2D eigenvalue weighted by atomic mass is 10.1. The number of amides is 1. The van der Waals surface area contributed by atoms with Crippen LogP contribution in [0.15, 0.2) is 4.79 Å². The molecular formula is C17H26N4O4. The molecular weight excluding hydrogens is 324 g/mol. The molecule has 1 amide bonds. The summed E-state index contributed by atoms with van der Waals surface area (Å²) >= 11 is 0. The third-order valence-corrected chi connectivity index (χ3v) is 4.98. The van der Waals surface area contributed by atoms with Gasteiger partial charge in [0.1, 0.15) is 5.82 Å². The van der Waals surface area contributed by atoms with Crippen LogP contribution in [0, 0.1) is 13.8 Å². The summed E-state index contributed by atoms with van der Waals surface area (Å²) in [7, 11) is 0. The Kier molecular flexibility index (Phi) is 5.51. The molecule has 2 aliphatic rings. The second kappa shape index (κ2) is 7.63. The molecule has 0 aliphatic carbocycles. The molecule has 2 fully saturated rings. The number of aromatic nitrogens is 2. The number of aryl methyl sites for hydroxylation is 2. The van der Waals surface area contributed by atoms with Crippen LogP contribution in [0.3, 0.4) is 0 Å². The van der Waals surface area contributed by atoms with Gasteiger partial charge in [0.2, 0.25) is 5.91 Å². The van der Waals surface area contributed by atoms with Crippen LogP contribution in [-0.4, -0.2) is 70.4 Å². The maximum absolute atomic E-state index is 12.4. The fourth-order valence-electron chi connectivity index (χ4n) is 3.76.